The topological polar surface area (TPSA) is 29.1 Å². The first-order valence-electron chi connectivity index (χ1n) is 4.64. The zero-order valence-corrected chi connectivity index (χ0v) is 6.81. The highest BCUT2D eigenvalue weighted by atomic mass is 16.1. The van der Waals surface area contributed by atoms with Gasteiger partial charge in [0.2, 0.25) is 0 Å². The quantitative estimate of drug-likeness (QED) is 0.564. The number of rotatable bonds is 0. The van der Waals surface area contributed by atoms with Crippen LogP contribution in [0.25, 0.3) is 0 Å². The molecular weight excluding hydrogens is 138 g/mol. The summed E-state index contributed by atoms with van der Waals surface area (Å²) in [5.41, 5.74) is 0. The molecule has 1 heterocycles. The summed E-state index contributed by atoms with van der Waals surface area (Å²) in [7, 11) is 0. The number of hydrogen-bond acceptors (Lipinski definition) is 2. The first kappa shape index (κ1) is 7.29. The summed E-state index contributed by atoms with van der Waals surface area (Å²) in [6.45, 7) is 1.12. The Hall–Kier alpha value is -0.370. The number of nitrogens with one attached hydrogen (secondary N) is 1. The summed E-state index contributed by atoms with van der Waals surface area (Å²) in [6.07, 6.45) is 5.48. The number of hydrogen-bond donors (Lipinski definition) is 1. The largest absolute Gasteiger partial charge is 0.313 e. The summed E-state index contributed by atoms with van der Waals surface area (Å²) in [4.78, 5) is 11.4. The lowest BCUT2D eigenvalue weighted by Gasteiger charge is -2.34. The number of piperidine rings is 1. The van der Waals surface area contributed by atoms with Gasteiger partial charge in [-0.3, -0.25) is 4.79 Å². The lowest BCUT2D eigenvalue weighted by Crippen LogP contribution is -2.46. The predicted octanol–water partition coefficient (Wildman–Crippen LogP) is 1.11. The Kier molecular flexibility index (Phi) is 1.95. The first-order valence-corrected chi connectivity index (χ1v) is 4.64. The van der Waals surface area contributed by atoms with Crippen LogP contribution in [0.4, 0.5) is 0 Å². The number of carbonyl (C=O) groups is 1. The molecule has 1 N–H and O–H groups in total. The van der Waals surface area contributed by atoms with Gasteiger partial charge in [0.1, 0.15) is 5.78 Å². The fourth-order valence-electron chi connectivity index (χ4n) is 2.32. The first-order chi connectivity index (χ1) is 5.38. The van der Waals surface area contributed by atoms with Crippen LogP contribution in [0, 0.1) is 5.92 Å². The van der Waals surface area contributed by atoms with E-state index in [9.17, 15) is 4.79 Å². The van der Waals surface area contributed by atoms with E-state index >= 15 is 0 Å². The Labute approximate surface area is 67.4 Å². The van der Waals surface area contributed by atoms with Gasteiger partial charge in [-0.1, -0.05) is 0 Å². The summed E-state index contributed by atoms with van der Waals surface area (Å²) >= 11 is 0. The minimum absolute atomic E-state index is 0.373. The molecule has 2 nitrogen and oxygen atoms in total. The fraction of sp³-hybridized carbons (Fsp3) is 0.889. The van der Waals surface area contributed by atoms with Crippen LogP contribution in [-0.2, 0) is 4.79 Å². The molecule has 1 saturated carbocycles. The third-order valence-corrected chi connectivity index (χ3v) is 2.94. The number of ketones is 1. The van der Waals surface area contributed by atoms with Gasteiger partial charge in [0, 0.05) is 18.4 Å². The van der Waals surface area contributed by atoms with Crippen LogP contribution in [0.15, 0.2) is 0 Å². The molecule has 0 radical (unpaired) electrons. The van der Waals surface area contributed by atoms with Crippen LogP contribution >= 0.6 is 0 Å². The predicted molar refractivity (Wildman–Crippen MR) is 43.4 cm³/mol. The molecule has 0 amide bonds. The molecule has 0 aromatic heterocycles. The Bertz CT molecular complexity index is 165. The molecule has 1 aliphatic carbocycles. The number of Topliss-reactive ketones (excluding diaryl/α,β-unsaturated/α-hetero) is 1. The average Bonchev–Trinajstić information content (AvgIpc) is 2.06. The van der Waals surface area contributed by atoms with Crippen molar-refractivity contribution < 1.29 is 4.79 Å². The van der Waals surface area contributed by atoms with Crippen molar-refractivity contribution in [1.29, 1.82) is 0 Å². The SMILES string of the molecule is O=C1CCC[C@@H]2NCCC[C@H]12. The lowest BCUT2D eigenvalue weighted by atomic mass is 9.79. The van der Waals surface area contributed by atoms with Crippen LogP contribution in [-0.4, -0.2) is 18.4 Å². The molecule has 0 bridgehead atoms. The van der Waals surface area contributed by atoms with Crippen molar-refractivity contribution in [3.8, 4) is 0 Å². The van der Waals surface area contributed by atoms with Gasteiger partial charge in [-0.15, -0.1) is 0 Å². The van der Waals surface area contributed by atoms with Gasteiger partial charge >= 0.3 is 0 Å². The Morgan fingerprint density at radius 1 is 1.27 bits per heavy atom. The van der Waals surface area contributed by atoms with Crippen molar-refractivity contribution in [3.63, 3.8) is 0 Å². The van der Waals surface area contributed by atoms with Gasteiger partial charge < -0.3 is 5.32 Å². The van der Waals surface area contributed by atoms with Crippen molar-refractivity contribution in [1.82, 2.24) is 5.32 Å². The molecule has 1 saturated heterocycles. The standard InChI is InChI=1S/C9H15NO/c11-9-5-1-4-8-7(9)3-2-6-10-8/h7-8,10H,1-6H2/t7-,8-/m0/s1. The van der Waals surface area contributed by atoms with Crippen molar-refractivity contribution in [3.05, 3.63) is 0 Å². The molecule has 0 spiro atoms. The van der Waals surface area contributed by atoms with Gasteiger partial charge in [0.25, 0.3) is 0 Å². The molecule has 0 unspecified atom stereocenters. The third-order valence-electron chi connectivity index (χ3n) is 2.94. The summed E-state index contributed by atoms with van der Waals surface area (Å²) in [6, 6.07) is 0.532. The average molecular weight is 153 g/mol. The van der Waals surface area contributed by atoms with E-state index in [0.29, 0.717) is 17.7 Å². The molecule has 2 fully saturated rings. The van der Waals surface area contributed by atoms with Crippen LogP contribution in [0.1, 0.15) is 32.1 Å². The highest BCUT2D eigenvalue weighted by Crippen LogP contribution is 2.27. The minimum atomic E-state index is 0.373. The molecule has 0 aromatic rings. The molecule has 2 rings (SSSR count). The highest BCUT2D eigenvalue weighted by Gasteiger charge is 2.32. The van der Waals surface area contributed by atoms with Gasteiger partial charge in [-0.25, -0.2) is 0 Å². The maximum atomic E-state index is 11.4. The lowest BCUT2D eigenvalue weighted by molar-refractivity contribution is -0.126. The van der Waals surface area contributed by atoms with Crippen molar-refractivity contribution in [2.24, 2.45) is 5.92 Å². The second-order valence-electron chi connectivity index (χ2n) is 3.67. The van der Waals surface area contributed by atoms with E-state index in [-0.39, 0.29) is 0 Å². The fourth-order valence-corrected chi connectivity index (χ4v) is 2.32. The molecule has 2 aliphatic rings. The van der Waals surface area contributed by atoms with Gasteiger partial charge in [-0.2, -0.15) is 0 Å². The number of carbonyl (C=O) groups excluding carboxylic acids is 1. The zero-order chi connectivity index (χ0) is 7.68. The molecule has 2 heteroatoms. The second kappa shape index (κ2) is 2.94. The Balaban J connectivity index is 2.05. The van der Waals surface area contributed by atoms with E-state index in [1.807, 2.05) is 0 Å². The van der Waals surface area contributed by atoms with E-state index in [2.05, 4.69) is 5.32 Å². The maximum absolute atomic E-state index is 11.4. The van der Waals surface area contributed by atoms with Crippen molar-refractivity contribution >= 4 is 5.78 Å². The van der Waals surface area contributed by atoms with Gasteiger partial charge in [0.15, 0.2) is 0 Å². The molecular formula is C9H15NO. The Morgan fingerprint density at radius 3 is 3.00 bits per heavy atom. The van der Waals surface area contributed by atoms with E-state index < -0.39 is 0 Å². The third kappa shape index (κ3) is 1.32. The normalized spacial score (nSPS) is 38.4. The molecule has 2 atom stereocenters. The number of fused-ring (bicyclic) bond motifs is 1. The molecule has 62 valence electrons. The van der Waals surface area contributed by atoms with E-state index in [4.69, 9.17) is 0 Å². The van der Waals surface area contributed by atoms with E-state index in [0.717, 1.165) is 25.8 Å². The minimum Gasteiger partial charge on any atom is -0.313 e. The Morgan fingerprint density at radius 2 is 2.18 bits per heavy atom. The molecule has 11 heavy (non-hydrogen) atoms. The summed E-state index contributed by atoms with van der Waals surface area (Å²) in [5, 5.41) is 3.43. The van der Waals surface area contributed by atoms with Crippen molar-refractivity contribution in [2.45, 2.75) is 38.1 Å². The van der Waals surface area contributed by atoms with Crippen LogP contribution in [0.2, 0.25) is 0 Å². The molecule has 1 aliphatic heterocycles. The van der Waals surface area contributed by atoms with E-state index in [1.165, 1.54) is 12.8 Å². The monoisotopic (exact) mass is 153 g/mol. The zero-order valence-electron chi connectivity index (χ0n) is 6.81. The summed E-state index contributed by atoms with van der Waals surface area (Å²) < 4.78 is 0. The highest BCUT2D eigenvalue weighted by molar-refractivity contribution is 5.82. The second-order valence-corrected chi connectivity index (χ2v) is 3.67. The van der Waals surface area contributed by atoms with Crippen LogP contribution in [0.3, 0.4) is 0 Å². The van der Waals surface area contributed by atoms with Crippen molar-refractivity contribution in [2.75, 3.05) is 6.54 Å². The maximum Gasteiger partial charge on any atom is 0.137 e. The van der Waals surface area contributed by atoms with Crippen LogP contribution < -0.4 is 5.32 Å². The summed E-state index contributed by atoms with van der Waals surface area (Å²) in [5.74, 6) is 0.881. The smallest absolute Gasteiger partial charge is 0.137 e. The van der Waals surface area contributed by atoms with Crippen LogP contribution in [0.5, 0.6) is 0 Å². The van der Waals surface area contributed by atoms with E-state index in [1.54, 1.807) is 0 Å². The molecule has 0 aromatic carbocycles. The van der Waals surface area contributed by atoms with Gasteiger partial charge in [-0.05, 0) is 32.2 Å². The van der Waals surface area contributed by atoms with Gasteiger partial charge in [0.05, 0.1) is 0 Å².